The number of ether oxygens (including phenoxy) is 1. The minimum atomic E-state index is -0.156. The van der Waals surface area contributed by atoms with Crippen molar-refractivity contribution in [2.75, 3.05) is 23.9 Å². The lowest BCUT2D eigenvalue weighted by atomic mass is 10.1. The van der Waals surface area contributed by atoms with Gasteiger partial charge >= 0.3 is 0 Å². The molecule has 2 heterocycles. The van der Waals surface area contributed by atoms with Gasteiger partial charge in [0, 0.05) is 25.0 Å². The molecule has 6 heteroatoms. The summed E-state index contributed by atoms with van der Waals surface area (Å²) in [6, 6.07) is 23.3. The van der Waals surface area contributed by atoms with Crippen molar-refractivity contribution in [2.45, 2.75) is 18.9 Å². The maximum atomic E-state index is 13.1. The van der Waals surface area contributed by atoms with Gasteiger partial charge in [-0.3, -0.25) is 4.79 Å². The van der Waals surface area contributed by atoms with Crippen LogP contribution in [-0.4, -0.2) is 29.5 Å². The number of rotatable bonds is 5. The Kier molecular flexibility index (Phi) is 5.14. The van der Waals surface area contributed by atoms with E-state index in [1.807, 2.05) is 84.7 Å². The van der Waals surface area contributed by atoms with Gasteiger partial charge in [-0.05, 0) is 55.3 Å². The summed E-state index contributed by atoms with van der Waals surface area (Å²) in [5.41, 5.74) is 4.94. The first-order chi connectivity index (χ1) is 15.2. The standard InChI is InChI=1S/C25H24N4O2/c1-29(18-8-3-2-4-9-18)22-11-6-5-10-19(22)25(30)26-17-13-14-20-21(16-17)28-24(27-20)23-12-7-15-31-23/h2-6,8-11,13-14,16,23H,7,12,15H2,1H3,(H,26,30)(H,27,28). The first-order valence-electron chi connectivity index (χ1n) is 10.5. The molecule has 1 atom stereocenters. The van der Waals surface area contributed by atoms with Crippen molar-refractivity contribution in [2.24, 2.45) is 0 Å². The molecule has 0 radical (unpaired) electrons. The van der Waals surface area contributed by atoms with Crippen LogP contribution in [0.4, 0.5) is 17.1 Å². The monoisotopic (exact) mass is 412 g/mol. The Morgan fingerprint density at radius 2 is 1.90 bits per heavy atom. The van der Waals surface area contributed by atoms with Crippen LogP contribution in [0.1, 0.15) is 35.1 Å². The molecule has 6 nitrogen and oxygen atoms in total. The van der Waals surface area contributed by atoms with E-state index in [1.54, 1.807) is 0 Å². The summed E-state index contributed by atoms with van der Waals surface area (Å²) in [5.74, 6) is 0.697. The summed E-state index contributed by atoms with van der Waals surface area (Å²) in [6.45, 7) is 0.778. The SMILES string of the molecule is CN(c1ccccc1)c1ccccc1C(=O)Nc1ccc2nc(C3CCCO3)[nH]c2c1. The molecule has 2 N–H and O–H groups in total. The average Bonchev–Trinajstić information content (AvgIpc) is 3.49. The second-order valence-corrected chi connectivity index (χ2v) is 7.72. The lowest BCUT2D eigenvalue weighted by Gasteiger charge is -2.22. The topological polar surface area (TPSA) is 70.2 Å². The van der Waals surface area contributed by atoms with Crippen LogP contribution in [-0.2, 0) is 4.74 Å². The van der Waals surface area contributed by atoms with E-state index in [9.17, 15) is 4.79 Å². The fraction of sp³-hybridized carbons (Fsp3) is 0.200. The third kappa shape index (κ3) is 3.90. The highest BCUT2D eigenvalue weighted by Gasteiger charge is 2.21. The zero-order valence-corrected chi connectivity index (χ0v) is 17.3. The predicted molar refractivity (Wildman–Crippen MR) is 123 cm³/mol. The Hall–Kier alpha value is -3.64. The Balaban J connectivity index is 1.39. The van der Waals surface area contributed by atoms with E-state index >= 15 is 0 Å². The molecule has 1 unspecified atom stereocenters. The number of nitrogens with one attached hydrogen (secondary N) is 2. The normalized spacial score (nSPS) is 15.8. The lowest BCUT2D eigenvalue weighted by molar-refractivity contribution is 0.102. The number of carbonyl (C=O) groups is 1. The maximum absolute atomic E-state index is 13.1. The van der Waals surface area contributed by atoms with E-state index in [4.69, 9.17) is 4.74 Å². The smallest absolute Gasteiger partial charge is 0.257 e. The summed E-state index contributed by atoms with van der Waals surface area (Å²) < 4.78 is 5.73. The zero-order valence-electron chi connectivity index (χ0n) is 17.3. The number of amides is 1. The van der Waals surface area contributed by atoms with Crippen LogP contribution in [0.5, 0.6) is 0 Å². The summed E-state index contributed by atoms with van der Waals surface area (Å²) in [7, 11) is 1.96. The summed E-state index contributed by atoms with van der Waals surface area (Å²) in [5, 5.41) is 3.03. The number of nitrogens with zero attached hydrogens (tertiary/aromatic N) is 2. The molecule has 1 aliphatic rings. The fourth-order valence-electron chi connectivity index (χ4n) is 4.00. The van der Waals surface area contributed by atoms with Crippen LogP contribution in [0.25, 0.3) is 11.0 Å². The highest BCUT2D eigenvalue weighted by atomic mass is 16.5. The molecule has 1 fully saturated rings. The Morgan fingerprint density at radius 1 is 1.10 bits per heavy atom. The van der Waals surface area contributed by atoms with Gasteiger partial charge in [-0.15, -0.1) is 0 Å². The fourth-order valence-corrected chi connectivity index (χ4v) is 4.00. The molecule has 4 aromatic rings. The van der Waals surface area contributed by atoms with Crippen LogP contribution in [0, 0.1) is 0 Å². The van der Waals surface area contributed by atoms with Gasteiger partial charge in [0.2, 0.25) is 0 Å². The first kappa shape index (κ1) is 19.3. The second-order valence-electron chi connectivity index (χ2n) is 7.72. The quantitative estimate of drug-likeness (QED) is 0.458. The average molecular weight is 412 g/mol. The van der Waals surface area contributed by atoms with E-state index in [0.29, 0.717) is 5.56 Å². The summed E-state index contributed by atoms with van der Waals surface area (Å²) in [4.78, 5) is 23.1. The number of carbonyl (C=O) groups excluding carboxylic acids is 1. The number of aromatic nitrogens is 2. The highest BCUT2D eigenvalue weighted by molar-refractivity contribution is 6.09. The molecule has 5 rings (SSSR count). The molecule has 3 aromatic carbocycles. The van der Waals surface area contributed by atoms with Gasteiger partial charge in [-0.1, -0.05) is 30.3 Å². The summed E-state index contributed by atoms with van der Waals surface area (Å²) in [6.07, 6.45) is 2.07. The van der Waals surface area contributed by atoms with Crippen LogP contribution in [0.2, 0.25) is 0 Å². The first-order valence-corrected chi connectivity index (χ1v) is 10.5. The minimum Gasteiger partial charge on any atom is -0.370 e. The van der Waals surface area contributed by atoms with Gasteiger partial charge in [0.05, 0.1) is 22.3 Å². The van der Waals surface area contributed by atoms with Gasteiger partial charge in [0.25, 0.3) is 5.91 Å². The summed E-state index contributed by atoms with van der Waals surface area (Å²) >= 11 is 0. The molecule has 1 saturated heterocycles. The number of imidazole rings is 1. The Morgan fingerprint density at radius 3 is 2.71 bits per heavy atom. The number of hydrogen-bond donors (Lipinski definition) is 2. The van der Waals surface area contributed by atoms with Gasteiger partial charge in [0.15, 0.2) is 0 Å². The molecule has 0 aliphatic carbocycles. The van der Waals surface area contributed by atoms with Crippen molar-refractivity contribution < 1.29 is 9.53 Å². The third-order valence-corrected chi connectivity index (χ3v) is 5.65. The highest BCUT2D eigenvalue weighted by Crippen LogP contribution is 2.30. The van der Waals surface area contributed by atoms with E-state index in [1.165, 1.54) is 0 Å². The largest absolute Gasteiger partial charge is 0.370 e. The molecular weight excluding hydrogens is 388 g/mol. The molecule has 0 saturated carbocycles. The number of H-pyrrole nitrogens is 1. The molecule has 0 bridgehead atoms. The number of para-hydroxylation sites is 2. The van der Waals surface area contributed by atoms with Crippen molar-refractivity contribution >= 4 is 34.0 Å². The molecule has 1 aliphatic heterocycles. The molecule has 156 valence electrons. The van der Waals surface area contributed by atoms with E-state index in [2.05, 4.69) is 15.3 Å². The van der Waals surface area contributed by atoms with Crippen molar-refractivity contribution in [1.29, 1.82) is 0 Å². The van der Waals surface area contributed by atoms with Crippen molar-refractivity contribution in [3.05, 3.63) is 84.2 Å². The van der Waals surface area contributed by atoms with Crippen LogP contribution in [0.15, 0.2) is 72.8 Å². The predicted octanol–water partition coefficient (Wildman–Crippen LogP) is 5.43. The lowest BCUT2D eigenvalue weighted by Crippen LogP contribution is -2.18. The number of benzene rings is 3. The van der Waals surface area contributed by atoms with E-state index in [0.717, 1.165) is 53.4 Å². The number of aromatic amines is 1. The molecule has 0 spiro atoms. The number of hydrogen-bond acceptors (Lipinski definition) is 4. The zero-order chi connectivity index (χ0) is 21.2. The van der Waals surface area contributed by atoms with Crippen LogP contribution >= 0.6 is 0 Å². The van der Waals surface area contributed by atoms with Crippen LogP contribution < -0.4 is 10.2 Å². The third-order valence-electron chi connectivity index (χ3n) is 5.65. The molecular formula is C25H24N4O2. The Labute approximate surface area is 180 Å². The number of fused-ring (bicyclic) bond motifs is 1. The van der Waals surface area contributed by atoms with Gasteiger partial charge < -0.3 is 19.9 Å². The Bertz CT molecular complexity index is 1210. The minimum absolute atomic E-state index is 0.0332. The van der Waals surface area contributed by atoms with Crippen molar-refractivity contribution in [3.8, 4) is 0 Å². The molecule has 1 amide bonds. The molecule has 1 aromatic heterocycles. The second kappa shape index (κ2) is 8.24. The van der Waals surface area contributed by atoms with Gasteiger partial charge in [-0.25, -0.2) is 4.98 Å². The van der Waals surface area contributed by atoms with Crippen molar-refractivity contribution in [1.82, 2.24) is 9.97 Å². The van der Waals surface area contributed by atoms with Gasteiger partial charge in [0.1, 0.15) is 11.9 Å². The maximum Gasteiger partial charge on any atom is 0.257 e. The molecule has 31 heavy (non-hydrogen) atoms. The van der Waals surface area contributed by atoms with Gasteiger partial charge in [-0.2, -0.15) is 0 Å². The van der Waals surface area contributed by atoms with E-state index < -0.39 is 0 Å². The number of anilines is 3. The van der Waals surface area contributed by atoms with E-state index in [-0.39, 0.29) is 12.0 Å². The van der Waals surface area contributed by atoms with Crippen LogP contribution in [0.3, 0.4) is 0 Å². The van der Waals surface area contributed by atoms with Crippen molar-refractivity contribution in [3.63, 3.8) is 0 Å².